The first kappa shape index (κ1) is 18.1. The summed E-state index contributed by atoms with van der Waals surface area (Å²) >= 11 is 0. The molecule has 1 rings (SSSR count). The normalized spacial score (nSPS) is 12.0. The van der Waals surface area contributed by atoms with Gasteiger partial charge in [-0.1, -0.05) is 0 Å². The Balaban J connectivity index is 3.26. The average Bonchev–Trinajstić information content (AvgIpc) is 2.32. The van der Waals surface area contributed by atoms with Gasteiger partial charge in [0.05, 0.1) is 12.8 Å². The molecule has 22 heavy (non-hydrogen) atoms. The Morgan fingerprint density at radius 2 is 1.82 bits per heavy atom. The average molecular weight is 309 g/mol. The third-order valence-electron chi connectivity index (χ3n) is 2.67. The number of carbonyl (C=O) groups excluding carboxylic acids is 1. The summed E-state index contributed by atoms with van der Waals surface area (Å²) in [7, 11) is 1.54. The van der Waals surface area contributed by atoms with Gasteiger partial charge in [0.2, 0.25) is 0 Å². The molecule has 0 aliphatic heterocycles. The zero-order valence-electron chi connectivity index (χ0n) is 14.3. The highest BCUT2D eigenvalue weighted by Crippen LogP contribution is 2.32. The molecule has 6 heteroatoms. The van der Waals surface area contributed by atoms with Gasteiger partial charge in [-0.3, -0.25) is 4.90 Å². The van der Waals surface area contributed by atoms with Gasteiger partial charge in [0.25, 0.3) is 0 Å². The van der Waals surface area contributed by atoms with E-state index >= 15 is 0 Å². The lowest BCUT2D eigenvalue weighted by atomic mass is 10.1. The van der Waals surface area contributed by atoms with Crippen molar-refractivity contribution in [3.8, 4) is 5.75 Å². The number of methoxy groups -OCH3 is 1. The van der Waals surface area contributed by atoms with Crippen LogP contribution in [0.1, 0.15) is 34.6 Å². The molecule has 0 aliphatic carbocycles. The molecule has 1 aromatic carbocycles. The lowest BCUT2D eigenvalue weighted by Crippen LogP contribution is -2.49. The Morgan fingerprint density at radius 3 is 2.27 bits per heavy atom. The van der Waals surface area contributed by atoms with Crippen molar-refractivity contribution in [2.75, 3.05) is 24.3 Å². The van der Waals surface area contributed by atoms with E-state index in [0.717, 1.165) is 0 Å². The van der Waals surface area contributed by atoms with Crippen molar-refractivity contribution in [2.24, 2.45) is 5.73 Å². The van der Waals surface area contributed by atoms with E-state index in [1.54, 1.807) is 18.2 Å². The molecule has 0 saturated heterocycles. The van der Waals surface area contributed by atoms with Crippen molar-refractivity contribution >= 4 is 17.5 Å². The molecule has 1 aromatic rings. The first-order chi connectivity index (χ1) is 9.93. The van der Waals surface area contributed by atoms with Crippen LogP contribution >= 0.6 is 0 Å². The summed E-state index contributed by atoms with van der Waals surface area (Å²) < 4.78 is 10.8. The Morgan fingerprint density at radius 1 is 1.23 bits per heavy atom. The van der Waals surface area contributed by atoms with E-state index in [2.05, 4.69) is 0 Å². The minimum atomic E-state index is -0.609. The predicted octanol–water partition coefficient (Wildman–Crippen LogP) is 2.76. The smallest absolute Gasteiger partial charge is 0.414 e. The largest absolute Gasteiger partial charge is 0.495 e. The maximum Gasteiger partial charge on any atom is 0.414 e. The van der Waals surface area contributed by atoms with Crippen LogP contribution in [0.15, 0.2) is 18.2 Å². The Bertz CT molecular complexity index is 530. The van der Waals surface area contributed by atoms with Gasteiger partial charge in [0.15, 0.2) is 0 Å². The van der Waals surface area contributed by atoms with Crippen LogP contribution in [-0.2, 0) is 4.74 Å². The van der Waals surface area contributed by atoms with Gasteiger partial charge in [-0.15, -0.1) is 0 Å². The third kappa shape index (κ3) is 5.44. The molecule has 0 heterocycles. The molecule has 0 fully saturated rings. The topological polar surface area (TPSA) is 90.8 Å². The lowest BCUT2D eigenvalue weighted by Gasteiger charge is -2.32. The number of nitrogens with zero attached hydrogens (tertiary/aromatic N) is 1. The van der Waals surface area contributed by atoms with Gasteiger partial charge in [-0.25, -0.2) is 4.79 Å². The second-order valence-corrected chi connectivity index (χ2v) is 6.99. The first-order valence-electron chi connectivity index (χ1n) is 7.16. The number of carbonyl (C=O) groups is 1. The van der Waals surface area contributed by atoms with Crippen molar-refractivity contribution in [3.05, 3.63) is 18.2 Å². The Hall–Kier alpha value is -1.95. The molecule has 1 amide bonds. The fourth-order valence-corrected chi connectivity index (χ4v) is 1.89. The minimum absolute atomic E-state index is 0.266. The molecule has 0 bridgehead atoms. The second kappa shape index (κ2) is 6.44. The maximum atomic E-state index is 12.6. The van der Waals surface area contributed by atoms with Crippen LogP contribution in [0.5, 0.6) is 5.75 Å². The number of anilines is 2. The van der Waals surface area contributed by atoms with Crippen molar-refractivity contribution in [2.45, 2.75) is 45.8 Å². The van der Waals surface area contributed by atoms with Crippen molar-refractivity contribution in [1.29, 1.82) is 0 Å². The zero-order valence-corrected chi connectivity index (χ0v) is 14.3. The van der Waals surface area contributed by atoms with E-state index in [1.807, 2.05) is 34.6 Å². The van der Waals surface area contributed by atoms with E-state index in [0.29, 0.717) is 17.1 Å². The molecule has 4 N–H and O–H groups in total. The number of hydrogen-bond donors (Lipinski definition) is 2. The summed E-state index contributed by atoms with van der Waals surface area (Å²) in [6, 6.07) is 5.10. The number of rotatable bonds is 4. The van der Waals surface area contributed by atoms with E-state index in [1.165, 1.54) is 12.0 Å². The van der Waals surface area contributed by atoms with Crippen LogP contribution in [-0.4, -0.2) is 30.9 Å². The van der Waals surface area contributed by atoms with Crippen LogP contribution in [0.3, 0.4) is 0 Å². The number of amides is 1. The summed E-state index contributed by atoms with van der Waals surface area (Å²) in [5.41, 5.74) is 11.8. The molecule has 0 aliphatic rings. The standard InChI is InChI=1S/C16H27N3O3/c1-15(2,3)22-14(20)19(10-16(4,5)18)12-9-11(17)7-8-13(12)21-6/h7-9H,10,17-18H2,1-6H3. The molecule has 0 radical (unpaired) electrons. The predicted molar refractivity (Wildman–Crippen MR) is 89.3 cm³/mol. The second-order valence-electron chi connectivity index (χ2n) is 6.99. The number of benzene rings is 1. The summed E-state index contributed by atoms with van der Waals surface area (Å²) in [5, 5.41) is 0. The Labute approximate surface area is 132 Å². The summed E-state index contributed by atoms with van der Waals surface area (Å²) in [5.74, 6) is 0.532. The first-order valence-corrected chi connectivity index (χ1v) is 7.16. The fourth-order valence-electron chi connectivity index (χ4n) is 1.89. The van der Waals surface area contributed by atoms with Gasteiger partial charge < -0.3 is 20.9 Å². The van der Waals surface area contributed by atoms with Crippen molar-refractivity contribution in [3.63, 3.8) is 0 Å². The zero-order chi connectivity index (χ0) is 17.1. The number of ether oxygens (including phenoxy) is 2. The highest BCUT2D eigenvalue weighted by Gasteiger charge is 2.29. The molecule has 0 aromatic heterocycles. The van der Waals surface area contributed by atoms with Gasteiger partial charge in [0, 0.05) is 17.8 Å². The quantitative estimate of drug-likeness (QED) is 0.835. The Kier molecular flexibility index (Phi) is 5.30. The SMILES string of the molecule is COc1ccc(N)cc1N(CC(C)(C)N)C(=O)OC(C)(C)C. The van der Waals surface area contributed by atoms with Crippen LogP contribution in [0.4, 0.5) is 16.2 Å². The third-order valence-corrected chi connectivity index (χ3v) is 2.67. The van der Waals surface area contributed by atoms with Gasteiger partial charge >= 0.3 is 6.09 Å². The highest BCUT2D eigenvalue weighted by atomic mass is 16.6. The van der Waals surface area contributed by atoms with E-state index < -0.39 is 17.2 Å². The van der Waals surface area contributed by atoms with Gasteiger partial charge in [-0.05, 0) is 52.8 Å². The molecule has 124 valence electrons. The fraction of sp³-hybridized carbons (Fsp3) is 0.562. The van der Waals surface area contributed by atoms with Gasteiger partial charge in [-0.2, -0.15) is 0 Å². The minimum Gasteiger partial charge on any atom is -0.495 e. The van der Waals surface area contributed by atoms with E-state index in [-0.39, 0.29) is 6.54 Å². The van der Waals surface area contributed by atoms with Crippen molar-refractivity contribution in [1.82, 2.24) is 0 Å². The van der Waals surface area contributed by atoms with E-state index in [9.17, 15) is 4.79 Å². The lowest BCUT2D eigenvalue weighted by molar-refractivity contribution is 0.0573. The van der Waals surface area contributed by atoms with Crippen LogP contribution in [0.25, 0.3) is 0 Å². The summed E-state index contributed by atoms with van der Waals surface area (Å²) in [6.45, 7) is 9.38. The molecular weight excluding hydrogens is 282 g/mol. The monoisotopic (exact) mass is 309 g/mol. The number of nitrogens with two attached hydrogens (primary N) is 2. The summed E-state index contributed by atoms with van der Waals surface area (Å²) in [4.78, 5) is 14.0. The van der Waals surface area contributed by atoms with Crippen LogP contribution in [0.2, 0.25) is 0 Å². The number of nitrogen functional groups attached to an aromatic ring is 1. The molecule has 6 nitrogen and oxygen atoms in total. The maximum absolute atomic E-state index is 12.6. The molecule has 0 atom stereocenters. The molecule has 0 saturated carbocycles. The molecule has 0 spiro atoms. The van der Waals surface area contributed by atoms with Crippen LogP contribution < -0.4 is 21.1 Å². The van der Waals surface area contributed by atoms with Crippen molar-refractivity contribution < 1.29 is 14.3 Å². The molecular formula is C16H27N3O3. The van der Waals surface area contributed by atoms with Gasteiger partial charge in [0.1, 0.15) is 11.4 Å². The van der Waals surface area contributed by atoms with E-state index in [4.69, 9.17) is 20.9 Å². The highest BCUT2D eigenvalue weighted by molar-refractivity contribution is 5.91. The number of hydrogen-bond acceptors (Lipinski definition) is 5. The summed E-state index contributed by atoms with van der Waals surface area (Å²) in [6.07, 6.45) is -0.491. The van der Waals surface area contributed by atoms with Crippen LogP contribution in [0, 0.1) is 0 Å². The molecule has 0 unspecified atom stereocenters.